The van der Waals surface area contributed by atoms with Crippen molar-refractivity contribution in [2.24, 2.45) is 5.92 Å². The molecule has 0 aliphatic carbocycles. The van der Waals surface area contributed by atoms with Crippen molar-refractivity contribution >= 4 is 27.7 Å². The molecular formula is C22H27FN4O5S. The van der Waals surface area contributed by atoms with Crippen molar-refractivity contribution in [3.05, 3.63) is 65.5 Å². The standard InChI is InChI=1S/C22H27FN4O5S/c1-14(2)20(24-21(29)17-7-5-6-8-18(17)23)22(30)26-25-19(28)13-27(4)33(31,32)16-11-9-15(3)10-12-16/h5-12,14,20H,13H2,1-4H3,(H,24,29)(H,25,28)(H,26,30). The van der Waals surface area contributed by atoms with E-state index in [0.717, 1.165) is 15.9 Å². The molecule has 0 saturated carbocycles. The second-order valence-corrected chi connectivity index (χ2v) is 9.83. The number of hydrazine groups is 1. The number of carbonyl (C=O) groups is 3. The molecule has 9 nitrogen and oxygen atoms in total. The number of amides is 3. The number of hydrogen-bond donors (Lipinski definition) is 3. The van der Waals surface area contributed by atoms with Gasteiger partial charge in [0.1, 0.15) is 11.9 Å². The molecule has 2 rings (SSSR count). The lowest BCUT2D eigenvalue weighted by molar-refractivity contribution is -0.130. The third-order valence-corrected chi connectivity index (χ3v) is 6.59. The number of likely N-dealkylation sites (N-methyl/N-ethyl adjacent to an activating group) is 1. The summed E-state index contributed by atoms with van der Waals surface area (Å²) in [5.74, 6) is -3.43. The fourth-order valence-electron chi connectivity index (χ4n) is 2.83. The number of rotatable bonds is 8. The largest absolute Gasteiger partial charge is 0.340 e. The Kier molecular flexibility index (Phi) is 8.66. The van der Waals surface area contributed by atoms with Crippen LogP contribution in [0.5, 0.6) is 0 Å². The van der Waals surface area contributed by atoms with E-state index in [4.69, 9.17) is 0 Å². The average Bonchev–Trinajstić information content (AvgIpc) is 2.76. The van der Waals surface area contributed by atoms with Crippen LogP contribution in [0.25, 0.3) is 0 Å². The molecule has 11 heteroatoms. The molecule has 1 unspecified atom stereocenters. The summed E-state index contributed by atoms with van der Waals surface area (Å²) in [6, 6.07) is 10.4. The Morgan fingerprint density at radius 2 is 1.61 bits per heavy atom. The Balaban J connectivity index is 1.96. The van der Waals surface area contributed by atoms with Crippen LogP contribution in [0.1, 0.15) is 29.8 Å². The lowest BCUT2D eigenvalue weighted by atomic mass is 10.0. The van der Waals surface area contributed by atoms with Crippen LogP contribution in [-0.4, -0.2) is 50.1 Å². The van der Waals surface area contributed by atoms with Gasteiger partial charge in [-0.2, -0.15) is 4.31 Å². The lowest BCUT2D eigenvalue weighted by Crippen LogP contribution is -2.55. The highest BCUT2D eigenvalue weighted by Crippen LogP contribution is 2.14. The summed E-state index contributed by atoms with van der Waals surface area (Å²) in [5, 5.41) is 2.44. The zero-order valence-electron chi connectivity index (χ0n) is 18.8. The fraction of sp³-hybridized carbons (Fsp3) is 0.318. The Morgan fingerprint density at radius 3 is 2.18 bits per heavy atom. The van der Waals surface area contributed by atoms with Crippen molar-refractivity contribution in [2.75, 3.05) is 13.6 Å². The van der Waals surface area contributed by atoms with Crippen LogP contribution in [0.15, 0.2) is 53.4 Å². The van der Waals surface area contributed by atoms with E-state index in [0.29, 0.717) is 0 Å². The predicted molar refractivity (Wildman–Crippen MR) is 120 cm³/mol. The van der Waals surface area contributed by atoms with Gasteiger partial charge < -0.3 is 5.32 Å². The van der Waals surface area contributed by atoms with E-state index in [9.17, 15) is 27.2 Å². The third kappa shape index (κ3) is 6.83. The van der Waals surface area contributed by atoms with E-state index >= 15 is 0 Å². The van der Waals surface area contributed by atoms with Gasteiger partial charge in [-0.3, -0.25) is 25.2 Å². The number of halogens is 1. The highest BCUT2D eigenvalue weighted by atomic mass is 32.2. The summed E-state index contributed by atoms with van der Waals surface area (Å²) < 4.78 is 39.8. The molecule has 33 heavy (non-hydrogen) atoms. The van der Waals surface area contributed by atoms with Crippen LogP contribution >= 0.6 is 0 Å². The first-order chi connectivity index (χ1) is 15.4. The van der Waals surface area contributed by atoms with Gasteiger partial charge in [0.25, 0.3) is 17.7 Å². The first-order valence-corrected chi connectivity index (χ1v) is 11.5. The molecule has 1 atom stereocenters. The van der Waals surface area contributed by atoms with E-state index in [-0.39, 0.29) is 16.4 Å². The van der Waals surface area contributed by atoms with Gasteiger partial charge in [0.05, 0.1) is 17.0 Å². The number of carbonyl (C=O) groups excluding carboxylic acids is 3. The van der Waals surface area contributed by atoms with E-state index in [1.54, 1.807) is 26.0 Å². The third-order valence-electron chi connectivity index (χ3n) is 4.77. The molecule has 0 aliphatic rings. The van der Waals surface area contributed by atoms with E-state index in [1.165, 1.54) is 37.4 Å². The quantitative estimate of drug-likeness (QED) is 0.494. The van der Waals surface area contributed by atoms with Crippen LogP contribution in [0.4, 0.5) is 4.39 Å². The first-order valence-electron chi connectivity index (χ1n) is 10.1. The maximum Gasteiger partial charge on any atom is 0.261 e. The van der Waals surface area contributed by atoms with Crippen molar-refractivity contribution in [1.29, 1.82) is 0 Å². The SMILES string of the molecule is Cc1ccc(S(=O)(=O)N(C)CC(=O)NNC(=O)C(NC(=O)c2ccccc2F)C(C)C)cc1. The average molecular weight is 479 g/mol. The van der Waals surface area contributed by atoms with Gasteiger partial charge in [0, 0.05) is 7.05 Å². The maximum absolute atomic E-state index is 13.8. The van der Waals surface area contributed by atoms with Crippen LogP contribution in [0.3, 0.4) is 0 Å². The normalized spacial score (nSPS) is 12.3. The molecule has 0 bridgehead atoms. The summed E-state index contributed by atoms with van der Waals surface area (Å²) in [7, 11) is -2.66. The number of nitrogens with zero attached hydrogens (tertiary/aromatic N) is 1. The predicted octanol–water partition coefficient (Wildman–Crippen LogP) is 1.36. The Bertz CT molecular complexity index is 1120. The van der Waals surface area contributed by atoms with Crippen molar-refractivity contribution in [3.8, 4) is 0 Å². The van der Waals surface area contributed by atoms with E-state index in [2.05, 4.69) is 16.2 Å². The molecule has 2 aromatic carbocycles. The molecule has 0 aromatic heterocycles. The van der Waals surface area contributed by atoms with Gasteiger partial charge in [0.2, 0.25) is 10.0 Å². The summed E-state index contributed by atoms with van der Waals surface area (Å²) in [6.45, 7) is 4.59. The van der Waals surface area contributed by atoms with Gasteiger partial charge in [-0.1, -0.05) is 43.7 Å². The minimum atomic E-state index is -3.90. The van der Waals surface area contributed by atoms with Crippen molar-refractivity contribution in [2.45, 2.75) is 31.7 Å². The van der Waals surface area contributed by atoms with Crippen molar-refractivity contribution in [3.63, 3.8) is 0 Å². The molecule has 0 spiro atoms. The summed E-state index contributed by atoms with van der Waals surface area (Å²) in [4.78, 5) is 37.1. The van der Waals surface area contributed by atoms with E-state index < -0.39 is 46.1 Å². The zero-order valence-corrected chi connectivity index (χ0v) is 19.6. The zero-order chi connectivity index (χ0) is 24.8. The van der Waals surface area contributed by atoms with Crippen LogP contribution < -0.4 is 16.2 Å². The second-order valence-electron chi connectivity index (χ2n) is 7.79. The lowest BCUT2D eigenvalue weighted by Gasteiger charge is -2.22. The molecular weight excluding hydrogens is 451 g/mol. The maximum atomic E-state index is 13.8. The Hall–Kier alpha value is -3.31. The van der Waals surface area contributed by atoms with Crippen molar-refractivity contribution in [1.82, 2.24) is 20.5 Å². The molecule has 0 saturated heterocycles. The summed E-state index contributed by atoms with van der Waals surface area (Å²) in [6.07, 6.45) is 0. The molecule has 0 heterocycles. The Labute approximate surface area is 192 Å². The minimum absolute atomic E-state index is 0.0307. The summed E-state index contributed by atoms with van der Waals surface area (Å²) >= 11 is 0. The number of nitrogens with one attached hydrogen (secondary N) is 3. The highest BCUT2D eigenvalue weighted by molar-refractivity contribution is 7.89. The van der Waals surface area contributed by atoms with Gasteiger partial charge in [0.15, 0.2) is 0 Å². The second kappa shape index (κ2) is 11.0. The smallest absolute Gasteiger partial charge is 0.261 e. The molecule has 0 aliphatic heterocycles. The monoisotopic (exact) mass is 478 g/mol. The Morgan fingerprint density at radius 1 is 1.00 bits per heavy atom. The van der Waals surface area contributed by atoms with Crippen LogP contribution in [-0.2, 0) is 19.6 Å². The summed E-state index contributed by atoms with van der Waals surface area (Å²) in [5.41, 5.74) is 4.98. The molecule has 3 N–H and O–H groups in total. The topological polar surface area (TPSA) is 125 Å². The van der Waals surface area contributed by atoms with Crippen LogP contribution in [0, 0.1) is 18.7 Å². The van der Waals surface area contributed by atoms with E-state index in [1.807, 2.05) is 6.92 Å². The van der Waals surface area contributed by atoms with Gasteiger partial charge >= 0.3 is 0 Å². The van der Waals surface area contributed by atoms with Gasteiger partial charge in [-0.25, -0.2) is 12.8 Å². The number of sulfonamides is 1. The molecule has 178 valence electrons. The molecule has 0 fully saturated rings. The van der Waals surface area contributed by atoms with Crippen LogP contribution in [0.2, 0.25) is 0 Å². The number of aryl methyl sites for hydroxylation is 1. The minimum Gasteiger partial charge on any atom is -0.340 e. The molecule has 2 aromatic rings. The highest BCUT2D eigenvalue weighted by Gasteiger charge is 2.27. The fourth-order valence-corrected chi connectivity index (χ4v) is 3.95. The van der Waals surface area contributed by atoms with Gasteiger partial charge in [-0.15, -0.1) is 0 Å². The number of hydrogen-bond acceptors (Lipinski definition) is 5. The van der Waals surface area contributed by atoms with Gasteiger partial charge in [-0.05, 0) is 37.1 Å². The number of benzene rings is 2. The molecule has 0 radical (unpaired) electrons. The molecule has 3 amide bonds. The van der Waals surface area contributed by atoms with Crippen molar-refractivity contribution < 1.29 is 27.2 Å². The first kappa shape index (κ1) is 25.9.